The number of nitrogens with zero attached hydrogens (tertiary/aromatic N) is 2. The van der Waals surface area contributed by atoms with Crippen molar-refractivity contribution in [1.82, 2.24) is 15.3 Å². The van der Waals surface area contributed by atoms with Crippen LogP contribution in [0.25, 0.3) is 10.9 Å². The van der Waals surface area contributed by atoms with Gasteiger partial charge in [-0.2, -0.15) is 0 Å². The molecule has 0 fully saturated rings. The van der Waals surface area contributed by atoms with Gasteiger partial charge in [-0.3, -0.25) is 4.98 Å². The van der Waals surface area contributed by atoms with Crippen LogP contribution in [-0.2, 0) is 13.0 Å². The maximum atomic E-state index is 4.52. The molecule has 0 aliphatic heterocycles. The minimum absolute atomic E-state index is 0.883. The summed E-state index contributed by atoms with van der Waals surface area (Å²) in [7, 11) is 0. The number of aryl methyl sites for hydroxylation is 1. The Balaban J connectivity index is 1.58. The Bertz CT molecular complexity index is 692. The molecule has 0 amide bonds. The van der Waals surface area contributed by atoms with Gasteiger partial charge < -0.3 is 5.32 Å². The van der Waals surface area contributed by atoms with E-state index in [2.05, 4.69) is 51.0 Å². The number of hydrogen-bond donors (Lipinski definition) is 1. The van der Waals surface area contributed by atoms with Crippen molar-refractivity contribution in [2.45, 2.75) is 19.9 Å². The maximum Gasteiger partial charge on any atom is 0.0794 e. The Hall–Kier alpha value is -1.78. The Morgan fingerprint density at radius 3 is 3.00 bits per heavy atom. The second-order valence-electron chi connectivity index (χ2n) is 4.89. The maximum absolute atomic E-state index is 4.52. The summed E-state index contributed by atoms with van der Waals surface area (Å²) in [5, 5.41) is 6.77. The average Bonchev–Trinajstić information content (AvgIpc) is 2.97. The number of aromatic nitrogens is 2. The van der Waals surface area contributed by atoms with Gasteiger partial charge in [0.05, 0.1) is 16.7 Å². The van der Waals surface area contributed by atoms with E-state index in [1.54, 1.807) is 11.3 Å². The van der Waals surface area contributed by atoms with Gasteiger partial charge in [-0.1, -0.05) is 12.1 Å². The molecule has 20 heavy (non-hydrogen) atoms. The van der Waals surface area contributed by atoms with Crippen molar-refractivity contribution in [3.63, 3.8) is 0 Å². The van der Waals surface area contributed by atoms with Gasteiger partial charge in [-0.25, -0.2) is 4.98 Å². The number of fused-ring (bicyclic) bond motifs is 1. The van der Waals surface area contributed by atoms with Gasteiger partial charge in [0.2, 0.25) is 0 Å². The zero-order valence-electron chi connectivity index (χ0n) is 11.5. The molecule has 2 aromatic heterocycles. The standard InChI is InChI=1S/C16H17N3S/c1-12-2-4-14-8-13(3-5-16(14)19-12)9-17-7-6-15-10-20-11-18-15/h2-5,8,10-11,17H,6-7,9H2,1H3. The summed E-state index contributed by atoms with van der Waals surface area (Å²) in [5.41, 5.74) is 6.47. The van der Waals surface area contributed by atoms with Gasteiger partial charge in [0.25, 0.3) is 0 Å². The van der Waals surface area contributed by atoms with E-state index in [9.17, 15) is 0 Å². The first-order chi connectivity index (χ1) is 9.81. The molecule has 0 unspecified atom stereocenters. The SMILES string of the molecule is Cc1ccc2cc(CNCCc3cscn3)ccc2n1. The van der Waals surface area contributed by atoms with E-state index >= 15 is 0 Å². The first kappa shape index (κ1) is 13.2. The summed E-state index contributed by atoms with van der Waals surface area (Å²) in [5.74, 6) is 0. The fraction of sp³-hybridized carbons (Fsp3) is 0.250. The minimum atomic E-state index is 0.883. The molecule has 0 bridgehead atoms. The lowest BCUT2D eigenvalue weighted by Crippen LogP contribution is -2.16. The van der Waals surface area contributed by atoms with Crippen LogP contribution in [0.1, 0.15) is 17.0 Å². The van der Waals surface area contributed by atoms with Crippen molar-refractivity contribution < 1.29 is 0 Å². The third kappa shape index (κ3) is 3.21. The number of rotatable bonds is 5. The van der Waals surface area contributed by atoms with Crippen molar-refractivity contribution in [3.8, 4) is 0 Å². The molecular weight excluding hydrogens is 266 g/mol. The molecule has 0 saturated carbocycles. The van der Waals surface area contributed by atoms with E-state index in [-0.39, 0.29) is 0 Å². The van der Waals surface area contributed by atoms with Crippen molar-refractivity contribution in [3.05, 3.63) is 58.2 Å². The number of benzene rings is 1. The molecule has 0 radical (unpaired) electrons. The molecule has 3 nitrogen and oxygen atoms in total. The molecule has 3 aromatic rings. The number of nitrogens with one attached hydrogen (secondary N) is 1. The summed E-state index contributed by atoms with van der Waals surface area (Å²) in [6.07, 6.45) is 0.984. The molecule has 0 saturated heterocycles. The first-order valence-electron chi connectivity index (χ1n) is 6.75. The fourth-order valence-corrected chi connectivity index (χ4v) is 2.79. The summed E-state index contributed by atoms with van der Waals surface area (Å²) in [6, 6.07) is 10.6. The topological polar surface area (TPSA) is 37.8 Å². The molecule has 1 N–H and O–H groups in total. The largest absolute Gasteiger partial charge is 0.312 e. The summed E-state index contributed by atoms with van der Waals surface area (Å²) >= 11 is 1.65. The van der Waals surface area contributed by atoms with Crippen LogP contribution in [0.4, 0.5) is 0 Å². The molecule has 102 valence electrons. The fourth-order valence-electron chi connectivity index (χ4n) is 2.20. The molecule has 2 heterocycles. The van der Waals surface area contributed by atoms with Gasteiger partial charge in [-0.05, 0) is 30.7 Å². The van der Waals surface area contributed by atoms with E-state index in [4.69, 9.17) is 0 Å². The lowest BCUT2D eigenvalue weighted by atomic mass is 10.1. The predicted molar refractivity (Wildman–Crippen MR) is 84.0 cm³/mol. The highest BCUT2D eigenvalue weighted by Gasteiger charge is 1.99. The van der Waals surface area contributed by atoms with Gasteiger partial charge >= 0.3 is 0 Å². The molecule has 3 rings (SSSR count). The Morgan fingerprint density at radius 1 is 1.20 bits per heavy atom. The molecule has 0 spiro atoms. The number of hydrogen-bond acceptors (Lipinski definition) is 4. The van der Waals surface area contributed by atoms with Crippen LogP contribution in [0, 0.1) is 6.92 Å². The quantitative estimate of drug-likeness (QED) is 0.730. The highest BCUT2D eigenvalue weighted by atomic mass is 32.1. The molecule has 0 aliphatic rings. The smallest absolute Gasteiger partial charge is 0.0794 e. The third-order valence-corrected chi connectivity index (χ3v) is 3.90. The van der Waals surface area contributed by atoms with Crippen LogP contribution < -0.4 is 5.32 Å². The lowest BCUT2D eigenvalue weighted by Gasteiger charge is -2.06. The normalized spacial score (nSPS) is 11.1. The van der Waals surface area contributed by atoms with Crippen molar-refractivity contribution >= 4 is 22.2 Å². The van der Waals surface area contributed by atoms with Crippen LogP contribution >= 0.6 is 11.3 Å². The van der Waals surface area contributed by atoms with Crippen LogP contribution in [0.3, 0.4) is 0 Å². The second-order valence-corrected chi connectivity index (χ2v) is 5.60. The highest BCUT2D eigenvalue weighted by molar-refractivity contribution is 7.07. The minimum Gasteiger partial charge on any atom is -0.312 e. The van der Waals surface area contributed by atoms with Crippen molar-refractivity contribution in [2.24, 2.45) is 0 Å². The van der Waals surface area contributed by atoms with Gasteiger partial charge in [0.15, 0.2) is 0 Å². The van der Waals surface area contributed by atoms with Crippen LogP contribution in [0.15, 0.2) is 41.2 Å². The molecule has 1 aromatic carbocycles. The van der Waals surface area contributed by atoms with E-state index in [0.717, 1.165) is 30.7 Å². The summed E-state index contributed by atoms with van der Waals surface area (Å²) < 4.78 is 0. The zero-order chi connectivity index (χ0) is 13.8. The van der Waals surface area contributed by atoms with Crippen LogP contribution in [0.2, 0.25) is 0 Å². The van der Waals surface area contributed by atoms with Gasteiger partial charge in [0, 0.05) is 36.0 Å². The third-order valence-electron chi connectivity index (χ3n) is 3.26. The summed E-state index contributed by atoms with van der Waals surface area (Å²) in [4.78, 5) is 8.80. The van der Waals surface area contributed by atoms with E-state index < -0.39 is 0 Å². The van der Waals surface area contributed by atoms with Gasteiger partial charge in [-0.15, -0.1) is 11.3 Å². The Labute approximate surface area is 122 Å². The molecular formula is C16H17N3S. The molecule has 4 heteroatoms. The van der Waals surface area contributed by atoms with E-state index in [1.807, 2.05) is 12.4 Å². The second kappa shape index (κ2) is 6.11. The lowest BCUT2D eigenvalue weighted by molar-refractivity contribution is 0.682. The summed E-state index contributed by atoms with van der Waals surface area (Å²) in [6.45, 7) is 3.86. The molecule has 0 atom stereocenters. The number of pyridine rings is 1. The van der Waals surface area contributed by atoms with Crippen molar-refractivity contribution in [1.29, 1.82) is 0 Å². The van der Waals surface area contributed by atoms with Gasteiger partial charge in [0.1, 0.15) is 0 Å². The zero-order valence-corrected chi connectivity index (χ0v) is 12.3. The van der Waals surface area contributed by atoms with E-state index in [1.165, 1.54) is 16.6 Å². The molecule has 0 aliphatic carbocycles. The first-order valence-corrected chi connectivity index (χ1v) is 7.69. The van der Waals surface area contributed by atoms with E-state index in [0.29, 0.717) is 0 Å². The Morgan fingerprint density at radius 2 is 2.15 bits per heavy atom. The number of thiazole rings is 1. The Kier molecular flexibility index (Phi) is 4.04. The predicted octanol–water partition coefficient (Wildman–Crippen LogP) is 3.33. The average molecular weight is 283 g/mol. The van der Waals surface area contributed by atoms with Crippen LogP contribution in [0.5, 0.6) is 0 Å². The monoisotopic (exact) mass is 283 g/mol. The highest BCUT2D eigenvalue weighted by Crippen LogP contribution is 2.14. The van der Waals surface area contributed by atoms with Crippen molar-refractivity contribution in [2.75, 3.05) is 6.54 Å². The van der Waals surface area contributed by atoms with Crippen LogP contribution in [-0.4, -0.2) is 16.5 Å².